The van der Waals surface area contributed by atoms with Gasteiger partial charge in [-0.3, -0.25) is 0 Å². The van der Waals surface area contributed by atoms with Crippen LogP contribution in [0.4, 0.5) is 0 Å². The van der Waals surface area contributed by atoms with Crippen molar-refractivity contribution in [2.24, 2.45) is 11.8 Å². The van der Waals surface area contributed by atoms with E-state index in [1.165, 1.54) is 44.9 Å². The Balaban J connectivity index is 1.81. The third kappa shape index (κ3) is 2.07. The summed E-state index contributed by atoms with van der Waals surface area (Å²) < 4.78 is 0. The van der Waals surface area contributed by atoms with Gasteiger partial charge in [0, 0.05) is 6.04 Å². The summed E-state index contributed by atoms with van der Waals surface area (Å²) in [5.74, 6) is 2.13. The molecule has 3 atom stereocenters. The lowest BCUT2D eigenvalue weighted by Gasteiger charge is -2.46. The first-order valence-electron chi connectivity index (χ1n) is 6.15. The fourth-order valence-electron chi connectivity index (χ4n) is 3.21. The lowest BCUT2D eigenvalue weighted by molar-refractivity contribution is 0.0777. The zero-order chi connectivity index (χ0) is 9.10. The van der Waals surface area contributed by atoms with Gasteiger partial charge >= 0.3 is 0 Å². The van der Waals surface area contributed by atoms with Crippen LogP contribution in [0, 0.1) is 11.8 Å². The lowest BCUT2D eigenvalue weighted by Crippen LogP contribution is -2.50. The van der Waals surface area contributed by atoms with Gasteiger partial charge in [0.1, 0.15) is 0 Å². The number of nitrogens with one attached hydrogen (secondary N) is 1. The molecule has 2 saturated carbocycles. The highest BCUT2D eigenvalue weighted by Crippen LogP contribution is 2.42. The summed E-state index contributed by atoms with van der Waals surface area (Å²) in [6.07, 6.45) is 10.5. The molecule has 0 aromatic rings. The van der Waals surface area contributed by atoms with Gasteiger partial charge in [0.25, 0.3) is 0 Å². The van der Waals surface area contributed by atoms with Gasteiger partial charge in [0.2, 0.25) is 0 Å². The van der Waals surface area contributed by atoms with E-state index in [4.69, 9.17) is 0 Å². The molecular formula is C12H23N. The standard InChI is InChI=1S/C12H23N/c1-2-13-12-9-10-7-5-3-4-6-8-11(10)12/h10-13H,2-9H2,1H3. The van der Waals surface area contributed by atoms with Crippen LogP contribution in [0.15, 0.2) is 0 Å². The van der Waals surface area contributed by atoms with Crippen LogP contribution in [0.1, 0.15) is 51.9 Å². The second kappa shape index (κ2) is 4.45. The zero-order valence-electron chi connectivity index (χ0n) is 8.89. The summed E-state index contributed by atoms with van der Waals surface area (Å²) in [4.78, 5) is 0. The highest BCUT2D eigenvalue weighted by Gasteiger charge is 2.39. The number of fused-ring (bicyclic) bond motifs is 1. The molecule has 0 heterocycles. The predicted molar refractivity (Wildman–Crippen MR) is 56.8 cm³/mol. The molecule has 0 saturated heterocycles. The predicted octanol–water partition coefficient (Wildman–Crippen LogP) is 2.95. The molecule has 0 aromatic carbocycles. The van der Waals surface area contributed by atoms with Gasteiger partial charge < -0.3 is 5.32 Å². The van der Waals surface area contributed by atoms with Crippen LogP contribution in [0.2, 0.25) is 0 Å². The zero-order valence-corrected chi connectivity index (χ0v) is 8.89. The van der Waals surface area contributed by atoms with E-state index in [9.17, 15) is 0 Å². The van der Waals surface area contributed by atoms with E-state index in [1.54, 1.807) is 0 Å². The van der Waals surface area contributed by atoms with E-state index < -0.39 is 0 Å². The Morgan fingerprint density at radius 2 is 1.85 bits per heavy atom. The van der Waals surface area contributed by atoms with E-state index in [2.05, 4.69) is 12.2 Å². The molecule has 76 valence electrons. The minimum atomic E-state index is 0.882. The van der Waals surface area contributed by atoms with E-state index in [1.807, 2.05) is 0 Å². The molecule has 1 heteroatoms. The maximum Gasteiger partial charge on any atom is 0.0101 e. The molecule has 0 aromatic heterocycles. The molecule has 0 bridgehead atoms. The summed E-state index contributed by atoms with van der Waals surface area (Å²) in [7, 11) is 0. The van der Waals surface area contributed by atoms with Gasteiger partial charge in [-0.05, 0) is 31.2 Å². The van der Waals surface area contributed by atoms with Crippen molar-refractivity contribution in [2.75, 3.05) is 6.54 Å². The van der Waals surface area contributed by atoms with Gasteiger partial charge in [0.05, 0.1) is 0 Å². The Kier molecular flexibility index (Phi) is 3.26. The van der Waals surface area contributed by atoms with E-state index in [0.29, 0.717) is 0 Å². The molecular weight excluding hydrogens is 158 g/mol. The SMILES string of the molecule is CCNC1CC2CCCCCCC21. The van der Waals surface area contributed by atoms with Gasteiger partial charge in [-0.2, -0.15) is 0 Å². The van der Waals surface area contributed by atoms with Crippen molar-refractivity contribution in [3.8, 4) is 0 Å². The van der Waals surface area contributed by atoms with Crippen molar-refractivity contribution in [1.82, 2.24) is 5.32 Å². The van der Waals surface area contributed by atoms with Crippen LogP contribution in [-0.4, -0.2) is 12.6 Å². The molecule has 0 aliphatic heterocycles. The number of rotatable bonds is 2. The van der Waals surface area contributed by atoms with Crippen LogP contribution in [-0.2, 0) is 0 Å². The third-order valence-corrected chi connectivity index (χ3v) is 4.01. The molecule has 0 amide bonds. The van der Waals surface area contributed by atoms with Gasteiger partial charge in [0.15, 0.2) is 0 Å². The average Bonchev–Trinajstić information content (AvgIpc) is 2.09. The highest BCUT2D eigenvalue weighted by atomic mass is 14.9. The Morgan fingerprint density at radius 3 is 2.62 bits per heavy atom. The Hall–Kier alpha value is -0.0400. The smallest absolute Gasteiger partial charge is 0.0101 e. The topological polar surface area (TPSA) is 12.0 Å². The average molecular weight is 181 g/mol. The normalized spacial score (nSPS) is 39.9. The maximum absolute atomic E-state index is 3.63. The monoisotopic (exact) mass is 181 g/mol. The van der Waals surface area contributed by atoms with Crippen LogP contribution >= 0.6 is 0 Å². The van der Waals surface area contributed by atoms with Gasteiger partial charge in [-0.15, -0.1) is 0 Å². The summed E-state index contributed by atoms with van der Waals surface area (Å²) in [5.41, 5.74) is 0. The first kappa shape index (κ1) is 9.51. The molecule has 1 nitrogen and oxygen atoms in total. The van der Waals surface area contributed by atoms with E-state index in [0.717, 1.165) is 24.4 Å². The minimum Gasteiger partial charge on any atom is -0.314 e. The quantitative estimate of drug-likeness (QED) is 0.690. The highest BCUT2D eigenvalue weighted by molar-refractivity contribution is 4.94. The second-order valence-corrected chi connectivity index (χ2v) is 4.82. The minimum absolute atomic E-state index is 0.882. The molecule has 3 unspecified atom stereocenters. The largest absolute Gasteiger partial charge is 0.314 e. The first-order valence-corrected chi connectivity index (χ1v) is 6.15. The summed E-state index contributed by atoms with van der Waals surface area (Å²) >= 11 is 0. The number of hydrogen-bond acceptors (Lipinski definition) is 1. The maximum atomic E-state index is 3.63. The summed E-state index contributed by atoms with van der Waals surface area (Å²) in [6, 6.07) is 0.882. The second-order valence-electron chi connectivity index (χ2n) is 4.82. The summed E-state index contributed by atoms with van der Waals surface area (Å²) in [5, 5.41) is 3.63. The van der Waals surface area contributed by atoms with Crippen LogP contribution in [0.5, 0.6) is 0 Å². The molecule has 13 heavy (non-hydrogen) atoms. The van der Waals surface area contributed by atoms with E-state index in [-0.39, 0.29) is 0 Å². The summed E-state index contributed by atoms with van der Waals surface area (Å²) in [6.45, 7) is 3.39. The molecule has 0 spiro atoms. The molecule has 2 rings (SSSR count). The fraction of sp³-hybridized carbons (Fsp3) is 1.00. The Morgan fingerprint density at radius 1 is 1.08 bits per heavy atom. The van der Waals surface area contributed by atoms with Crippen molar-refractivity contribution < 1.29 is 0 Å². The third-order valence-electron chi connectivity index (χ3n) is 4.01. The van der Waals surface area contributed by atoms with Gasteiger partial charge in [-0.25, -0.2) is 0 Å². The van der Waals surface area contributed by atoms with E-state index >= 15 is 0 Å². The van der Waals surface area contributed by atoms with Crippen LogP contribution in [0.25, 0.3) is 0 Å². The van der Waals surface area contributed by atoms with Crippen molar-refractivity contribution in [3.63, 3.8) is 0 Å². The molecule has 2 aliphatic carbocycles. The van der Waals surface area contributed by atoms with Crippen LogP contribution < -0.4 is 5.32 Å². The molecule has 2 aliphatic rings. The van der Waals surface area contributed by atoms with Crippen molar-refractivity contribution >= 4 is 0 Å². The van der Waals surface area contributed by atoms with Crippen molar-refractivity contribution in [1.29, 1.82) is 0 Å². The molecule has 2 fully saturated rings. The lowest BCUT2D eigenvalue weighted by atomic mass is 9.64. The fourth-order valence-corrected chi connectivity index (χ4v) is 3.21. The molecule has 0 radical (unpaired) electrons. The van der Waals surface area contributed by atoms with Crippen LogP contribution in [0.3, 0.4) is 0 Å². The Bertz CT molecular complexity index is 151. The van der Waals surface area contributed by atoms with Crippen molar-refractivity contribution in [2.45, 2.75) is 57.9 Å². The number of hydrogen-bond donors (Lipinski definition) is 1. The molecule has 1 N–H and O–H groups in total. The first-order chi connectivity index (χ1) is 6.42. The van der Waals surface area contributed by atoms with Gasteiger partial charge in [-0.1, -0.05) is 39.0 Å². The van der Waals surface area contributed by atoms with Crippen molar-refractivity contribution in [3.05, 3.63) is 0 Å². The Labute approximate surface area is 82.3 Å².